The lowest BCUT2D eigenvalue weighted by molar-refractivity contribution is 0.112. The van der Waals surface area contributed by atoms with E-state index < -0.39 is 0 Å². The fourth-order valence-corrected chi connectivity index (χ4v) is 2.64. The van der Waals surface area contributed by atoms with E-state index in [4.69, 9.17) is 0 Å². The third kappa shape index (κ3) is 3.56. The van der Waals surface area contributed by atoms with Gasteiger partial charge in [-0.25, -0.2) is 0 Å². The molecule has 0 aliphatic heterocycles. The Balaban J connectivity index is 2.13. The highest BCUT2D eigenvalue weighted by molar-refractivity contribution is 5.25. The second-order valence-corrected chi connectivity index (χ2v) is 5.63. The molecule has 2 N–H and O–H groups in total. The summed E-state index contributed by atoms with van der Waals surface area (Å²) < 4.78 is 0. The number of hydrogen-bond acceptors (Lipinski definition) is 3. The standard InChI is InChI=1S/C16H26N2O/c1-3-18(11-14-9-10-14)12-16(13-19,17-2)15-7-5-4-6-8-15/h4-8,14,17,19H,3,9-13H2,1-2H3. The molecule has 1 aliphatic carbocycles. The van der Waals surface area contributed by atoms with Crippen LogP contribution in [0.5, 0.6) is 0 Å². The molecule has 1 saturated carbocycles. The summed E-state index contributed by atoms with van der Waals surface area (Å²) in [5, 5.41) is 13.3. The third-order valence-electron chi connectivity index (χ3n) is 4.23. The number of rotatable bonds is 8. The van der Waals surface area contributed by atoms with Crippen LogP contribution in [0.25, 0.3) is 0 Å². The van der Waals surface area contributed by atoms with Crippen LogP contribution in [0.15, 0.2) is 30.3 Å². The maximum Gasteiger partial charge on any atom is 0.0795 e. The van der Waals surface area contributed by atoms with Crippen molar-refractivity contribution in [1.82, 2.24) is 10.2 Å². The topological polar surface area (TPSA) is 35.5 Å². The van der Waals surface area contributed by atoms with Gasteiger partial charge in [-0.05, 0) is 37.9 Å². The molecule has 2 rings (SSSR count). The molecule has 0 amide bonds. The Morgan fingerprint density at radius 3 is 2.47 bits per heavy atom. The van der Waals surface area contributed by atoms with Crippen LogP contribution in [-0.4, -0.2) is 43.3 Å². The summed E-state index contributed by atoms with van der Waals surface area (Å²) in [4.78, 5) is 2.46. The first-order valence-electron chi connectivity index (χ1n) is 7.31. The van der Waals surface area contributed by atoms with Gasteiger partial charge in [0, 0.05) is 13.1 Å². The summed E-state index contributed by atoms with van der Waals surface area (Å²) >= 11 is 0. The molecule has 1 aromatic carbocycles. The summed E-state index contributed by atoms with van der Waals surface area (Å²) in [6.07, 6.45) is 2.74. The minimum atomic E-state index is -0.355. The van der Waals surface area contributed by atoms with Crippen molar-refractivity contribution in [3.63, 3.8) is 0 Å². The van der Waals surface area contributed by atoms with Crippen LogP contribution in [-0.2, 0) is 5.54 Å². The van der Waals surface area contributed by atoms with E-state index in [0.717, 1.165) is 31.1 Å². The summed E-state index contributed by atoms with van der Waals surface area (Å²) in [5.74, 6) is 0.879. The second-order valence-electron chi connectivity index (χ2n) is 5.63. The molecule has 1 fully saturated rings. The lowest BCUT2D eigenvalue weighted by Gasteiger charge is -2.37. The molecular formula is C16H26N2O. The molecule has 0 aromatic heterocycles. The van der Waals surface area contributed by atoms with Crippen LogP contribution >= 0.6 is 0 Å². The molecule has 0 radical (unpaired) electrons. The first-order valence-corrected chi connectivity index (χ1v) is 7.31. The normalized spacial score (nSPS) is 18.5. The van der Waals surface area contributed by atoms with Crippen molar-refractivity contribution in [1.29, 1.82) is 0 Å². The Labute approximate surface area is 116 Å². The number of nitrogens with zero attached hydrogens (tertiary/aromatic N) is 1. The van der Waals surface area contributed by atoms with Gasteiger partial charge < -0.3 is 15.3 Å². The summed E-state index contributed by atoms with van der Waals surface area (Å²) in [6.45, 7) is 5.37. The van der Waals surface area contributed by atoms with Gasteiger partial charge >= 0.3 is 0 Å². The van der Waals surface area contributed by atoms with E-state index in [9.17, 15) is 5.11 Å². The predicted molar refractivity (Wildman–Crippen MR) is 79.1 cm³/mol. The zero-order valence-electron chi connectivity index (χ0n) is 12.1. The van der Waals surface area contributed by atoms with E-state index in [-0.39, 0.29) is 12.1 Å². The minimum absolute atomic E-state index is 0.120. The van der Waals surface area contributed by atoms with Crippen molar-refractivity contribution < 1.29 is 5.11 Å². The van der Waals surface area contributed by atoms with Gasteiger partial charge in [-0.3, -0.25) is 0 Å². The van der Waals surface area contributed by atoms with E-state index in [0.29, 0.717) is 0 Å². The van der Waals surface area contributed by atoms with E-state index >= 15 is 0 Å². The van der Waals surface area contributed by atoms with Gasteiger partial charge in [0.1, 0.15) is 0 Å². The number of aliphatic hydroxyl groups excluding tert-OH is 1. The quantitative estimate of drug-likeness (QED) is 0.750. The Morgan fingerprint density at radius 2 is 2.00 bits per heavy atom. The Morgan fingerprint density at radius 1 is 1.32 bits per heavy atom. The molecule has 106 valence electrons. The number of aliphatic hydroxyl groups is 1. The number of benzene rings is 1. The highest BCUT2D eigenvalue weighted by Crippen LogP contribution is 2.31. The lowest BCUT2D eigenvalue weighted by atomic mass is 9.90. The SMILES string of the molecule is CCN(CC1CC1)CC(CO)(NC)c1ccccc1. The van der Waals surface area contributed by atoms with Crippen molar-refractivity contribution >= 4 is 0 Å². The van der Waals surface area contributed by atoms with Crippen LogP contribution in [0.1, 0.15) is 25.3 Å². The highest BCUT2D eigenvalue weighted by Gasteiger charge is 2.33. The van der Waals surface area contributed by atoms with Crippen molar-refractivity contribution in [3.05, 3.63) is 35.9 Å². The smallest absolute Gasteiger partial charge is 0.0795 e. The van der Waals surface area contributed by atoms with E-state index in [1.165, 1.54) is 12.8 Å². The molecule has 3 heteroatoms. The average molecular weight is 262 g/mol. The van der Waals surface area contributed by atoms with E-state index in [1.54, 1.807) is 0 Å². The molecule has 0 bridgehead atoms. The zero-order chi connectivity index (χ0) is 13.7. The van der Waals surface area contributed by atoms with E-state index in [2.05, 4.69) is 29.3 Å². The summed E-state index contributed by atoms with van der Waals surface area (Å²) in [5.41, 5.74) is 0.806. The van der Waals surface area contributed by atoms with Gasteiger partial charge in [0.2, 0.25) is 0 Å². The van der Waals surface area contributed by atoms with Crippen molar-refractivity contribution in [2.75, 3.05) is 33.3 Å². The van der Waals surface area contributed by atoms with Gasteiger partial charge in [0.05, 0.1) is 12.1 Å². The number of nitrogens with one attached hydrogen (secondary N) is 1. The minimum Gasteiger partial charge on any atom is -0.394 e. The molecule has 0 spiro atoms. The maximum absolute atomic E-state index is 9.93. The van der Waals surface area contributed by atoms with Crippen molar-refractivity contribution in [2.24, 2.45) is 5.92 Å². The van der Waals surface area contributed by atoms with Gasteiger partial charge in [-0.1, -0.05) is 37.3 Å². The molecule has 1 aliphatic rings. The lowest BCUT2D eigenvalue weighted by Crippen LogP contribution is -2.52. The summed E-state index contributed by atoms with van der Waals surface area (Å²) in [7, 11) is 1.94. The van der Waals surface area contributed by atoms with Gasteiger partial charge in [0.15, 0.2) is 0 Å². The highest BCUT2D eigenvalue weighted by atomic mass is 16.3. The molecule has 1 atom stereocenters. The van der Waals surface area contributed by atoms with Crippen molar-refractivity contribution in [2.45, 2.75) is 25.3 Å². The van der Waals surface area contributed by atoms with Gasteiger partial charge in [-0.15, -0.1) is 0 Å². The van der Waals surface area contributed by atoms with Crippen LogP contribution in [0, 0.1) is 5.92 Å². The number of likely N-dealkylation sites (N-methyl/N-ethyl adjacent to an activating group) is 2. The fourth-order valence-electron chi connectivity index (χ4n) is 2.64. The summed E-state index contributed by atoms with van der Waals surface area (Å²) in [6, 6.07) is 10.3. The Bertz CT molecular complexity index is 372. The third-order valence-corrected chi connectivity index (χ3v) is 4.23. The molecule has 1 unspecified atom stereocenters. The van der Waals surface area contributed by atoms with E-state index in [1.807, 2.05) is 25.2 Å². The predicted octanol–water partition coefficient (Wildman–Crippen LogP) is 1.83. The zero-order valence-corrected chi connectivity index (χ0v) is 12.1. The fraction of sp³-hybridized carbons (Fsp3) is 0.625. The molecule has 0 heterocycles. The molecular weight excluding hydrogens is 236 g/mol. The number of hydrogen-bond donors (Lipinski definition) is 2. The maximum atomic E-state index is 9.93. The Hall–Kier alpha value is -0.900. The van der Waals surface area contributed by atoms with Crippen LogP contribution in [0.3, 0.4) is 0 Å². The van der Waals surface area contributed by atoms with Crippen LogP contribution in [0.4, 0.5) is 0 Å². The van der Waals surface area contributed by atoms with Gasteiger partial charge in [-0.2, -0.15) is 0 Å². The second kappa shape index (κ2) is 6.51. The Kier molecular flexibility index (Phi) is 4.97. The first-order chi connectivity index (χ1) is 9.24. The molecule has 1 aromatic rings. The molecule has 3 nitrogen and oxygen atoms in total. The first kappa shape index (κ1) is 14.5. The monoisotopic (exact) mass is 262 g/mol. The molecule has 19 heavy (non-hydrogen) atoms. The van der Waals surface area contributed by atoms with Crippen molar-refractivity contribution in [3.8, 4) is 0 Å². The van der Waals surface area contributed by atoms with Crippen LogP contribution < -0.4 is 5.32 Å². The largest absolute Gasteiger partial charge is 0.394 e. The average Bonchev–Trinajstić information content (AvgIpc) is 3.28. The van der Waals surface area contributed by atoms with Gasteiger partial charge in [0.25, 0.3) is 0 Å². The molecule has 0 saturated heterocycles. The van der Waals surface area contributed by atoms with Crippen LogP contribution in [0.2, 0.25) is 0 Å².